The lowest BCUT2D eigenvalue weighted by atomic mass is 10.2. The molecule has 1 aliphatic heterocycles. The van der Waals surface area contributed by atoms with E-state index in [-0.39, 0.29) is 18.9 Å². The van der Waals surface area contributed by atoms with Crippen molar-refractivity contribution in [1.29, 1.82) is 0 Å². The standard InChI is InChI=1S/C17H17N5O2/c23-9-13-6-7-14(24-13)22-11-21-15-16(19-10-20-17(15)22)18-8-12-4-2-1-3-5-12/h1-7,10-11,13-14,23H,8-9H2,(H,18,19,20)/t13-,14-/m0/s1. The number of fused-ring (bicyclic) bond motifs is 1. The molecule has 1 aliphatic rings. The second kappa shape index (κ2) is 6.38. The number of nitrogens with one attached hydrogen (secondary N) is 1. The van der Waals surface area contributed by atoms with Crippen LogP contribution in [0.4, 0.5) is 5.82 Å². The Kier molecular flexibility index (Phi) is 3.94. The highest BCUT2D eigenvalue weighted by Gasteiger charge is 2.22. The van der Waals surface area contributed by atoms with Gasteiger partial charge >= 0.3 is 0 Å². The Morgan fingerprint density at radius 1 is 1.12 bits per heavy atom. The second-order valence-corrected chi connectivity index (χ2v) is 5.52. The molecule has 3 aromatic rings. The molecule has 0 radical (unpaired) electrons. The summed E-state index contributed by atoms with van der Waals surface area (Å²) in [6.07, 6.45) is 6.32. The van der Waals surface area contributed by atoms with Crippen LogP contribution in [0.5, 0.6) is 0 Å². The van der Waals surface area contributed by atoms with Crippen LogP contribution in [0.3, 0.4) is 0 Å². The molecule has 4 rings (SSSR count). The predicted molar refractivity (Wildman–Crippen MR) is 89.2 cm³/mol. The van der Waals surface area contributed by atoms with Crippen molar-refractivity contribution in [2.75, 3.05) is 11.9 Å². The highest BCUT2D eigenvalue weighted by atomic mass is 16.5. The summed E-state index contributed by atoms with van der Waals surface area (Å²) in [6, 6.07) is 10.1. The van der Waals surface area contributed by atoms with E-state index in [4.69, 9.17) is 4.74 Å². The van der Waals surface area contributed by atoms with Crippen LogP contribution in [0, 0.1) is 0 Å². The van der Waals surface area contributed by atoms with Crippen LogP contribution < -0.4 is 5.32 Å². The molecule has 0 aliphatic carbocycles. The minimum absolute atomic E-state index is 0.0432. The van der Waals surface area contributed by atoms with Crippen LogP contribution >= 0.6 is 0 Å². The van der Waals surface area contributed by atoms with Gasteiger partial charge in [-0.25, -0.2) is 15.0 Å². The Morgan fingerprint density at radius 2 is 2.00 bits per heavy atom. The minimum atomic E-state index is -0.316. The Bertz CT molecular complexity index is 862. The SMILES string of the molecule is OC[C@@H]1C=C[C@@H](n2cnc3c(NCc4ccccc4)ncnc32)O1. The highest BCUT2D eigenvalue weighted by molar-refractivity contribution is 5.82. The van der Waals surface area contributed by atoms with E-state index in [1.807, 2.05) is 34.9 Å². The van der Waals surface area contributed by atoms with Gasteiger partial charge < -0.3 is 15.2 Å². The summed E-state index contributed by atoms with van der Waals surface area (Å²) in [5, 5.41) is 12.5. The molecule has 0 amide bonds. The predicted octanol–water partition coefficient (Wildman–Crippen LogP) is 1.88. The van der Waals surface area contributed by atoms with E-state index in [1.54, 1.807) is 6.33 Å². The van der Waals surface area contributed by atoms with Crippen LogP contribution in [0.1, 0.15) is 11.8 Å². The topological polar surface area (TPSA) is 85.1 Å². The molecular weight excluding hydrogens is 306 g/mol. The van der Waals surface area contributed by atoms with Crippen LogP contribution in [-0.4, -0.2) is 37.3 Å². The van der Waals surface area contributed by atoms with Gasteiger partial charge in [0.2, 0.25) is 0 Å². The first kappa shape index (κ1) is 14.8. The fourth-order valence-corrected chi connectivity index (χ4v) is 2.70. The zero-order chi connectivity index (χ0) is 16.4. The smallest absolute Gasteiger partial charge is 0.167 e. The number of ether oxygens (including phenoxy) is 1. The molecule has 2 aromatic heterocycles. The van der Waals surface area contributed by atoms with Crippen LogP contribution in [0.15, 0.2) is 55.1 Å². The normalized spacial score (nSPS) is 19.9. The average molecular weight is 323 g/mol. The van der Waals surface area contributed by atoms with E-state index in [1.165, 1.54) is 6.33 Å². The number of benzene rings is 1. The first-order valence-corrected chi connectivity index (χ1v) is 7.75. The summed E-state index contributed by atoms with van der Waals surface area (Å²) in [6.45, 7) is 0.616. The van der Waals surface area contributed by atoms with Crippen molar-refractivity contribution in [3.05, 3.63) is 60.7 Å². The number of aromatic nitrogens is 4. The number of imidazole rings is 1. The third-order valence-corrected chi connectivity index (χ3v) is 3.92. The molecule has 0 saturated carbocycles. The van der Waals surface area contributed by atoms with E-state index in [0.717, 1.165) is 5.56 Å². The maximum atomic E-state index is 9.18. The largest absolute Gasteiger partial charge is 0.393 e. The van der Waals surface area contributed by atoms with E-state index < -0.39 is 0 Å². The van der Waals surface area contributed by atoms with Gasteiger partial charge in [-0.1, -0.05) is 36.4 Å². The zero-order valence-electron chi connectivity index (χ0n) is 12.9. The maximum Gasteiger partial charge on any atom is 0.167 e. The summed E-state index contributed by atoms with van der Waals surface area (Å²) in [5.41, 5.74) is 2.54. The van der Waals surface area contributed by atoms with Crippen molar-refractivity contribution in [2.24, 2.45) is 0 Å². The fourth-order valence-electron chi connectivity index (χ4n) is 2.70. The molecule has 0 saturated heterocycles. The van der Waals surface area contributed by atoms with Gasteiger partial charge in [-0.2, -0.15) is 0 Å². The van der Waals surface area contributed by atoms with E-state index in [9.17, 15) is 5.11 Å². The van der Waals surface area contributed by atoms with E-state index in [2.05, 4.69) is 32.4 Å². The van der Waals surface area contributed by atoms with Gasteiger partial charge in [0, 0.05) is 6.54 Å². The number of hydrogen-bond donors (Lipinski definition) is 2. The van der Waals surface area contributed by atoms with Crippen molar-refractivity contribution < 1.29 is 9.84 Å². The first-order chi connectivity index (χ1) is 11.8. The van der Waals surface area contributed by atoms with Crippen LogP contribution in [0.25, 0.3) is 11.2 Å². The summed E-state index contributed by atoms with van der Waals surface area (Å²) in [4.78, 5) is 13.0. The molecule has 122 valence electrons. The summed E-state index contributed by atoms with van der Waals surface area (Å²) in [5.74, 6) is 0.684. The monoisotopic (exact) mass is 323 g/mol. The number of aliphatic hydroxyl groups excluding tert-OH is 1. The van der Waals surface area contributed by atoms with E-state index in [0.29, 0.717) is 23.5 Å². The Hall–Kier alpha value is -2.77. The molecule has 1 aromatic carbocycles. The third-order valence-electron chi connectivity index (χ3n) is 3.92. The first-order valence-electron chi connectivity index (χ1n) is 7.75. The minimum Gasteiger partial charge on any atom is -0.393 e. The molecule has 7 heteroatoms. The third kappa shape index (κ3) is 2.75. The highest BCUT2D eigenvalue weighted by Crippen LogP contribution is 2.26. The van der Waals surface area contributed by atoms with Crippen molar-refractivity contribution >= 4 is 17.0 Å². The lowest BCUT2D eigenvalue weighted by molar-refractivity contribution is -0.00638. The molecule has 24 heavy (non-hydrogen) atoms. The van der Waals surface area contributed by atoms with Gasteiger partial charge in [-0.15, -0.1) is 0 Å². The molecule has 0 unspecified atom stereocenters. The van der Waals surface area contributed by atoms with Crippen molar-refractivity contribution in [1.82, 2.24) is 19.5 Å². The van der Waals surface area contributed by atoms with Crippen molar-refractivity contribution in [3.8, 4) is 0 Å². The lowest BCUT2D eigenvalue weighted by Crippen LogP contribution is -2.15. The maximum absolute atomic E-state index is 9.18. The Labute approximate surface area is 138 Å². The number of rotatable bonds is 5. The molecule has 0 bridgehead atoms. The molecule has 0 spiro atoms. The number of anilines is 1. The van der Waals surface area contributed by atoms with E-state index >= 15 is 0 Å². The molecule has 2 atom stereocenters. The fraction of sp³-hybridized carbons (Fsp3) is 0.235. The zero-order valence-corrected chi connectivity index (χ0v) is 12.9. The van der Waals surface area contributed by atoms with Crippen LogP contribution in [-0.2, 0) is 11.3 Å². The van der Waals surface area contributed by atoms with Crippen molar-refractivity contribution in [3.63, 3.8) is 0 Å². The number of aliphatic hydroxyl groups is 1. The molecule has 0 fully saturated rings. The van der Waals surface area contributed by atoms with Crippen LogP contribution in [0.2, 0.25) is 0 Å². The van der Waals surface area contributed by atoms with Crippen molar-refractivity contribution in [2.45, 2.75) is 18.9 Å². The summed E-state index contributed by atoms with van der Waals surface area (Å²) >= 11 is 0. The van der Waals surface area contributed by atoms with Gasteiger partial charge in [-0.05, 0) is 11.6 Å². The lowest BCUT2D eigenvalue weighted by Gasteiger charge is -2.14. The van der Waals surface area contributed by atoms with Gasteiger partial charge in [-0.3, -0.25) is 4.57 Å². The Morgan fingerprint density at radius 3 is 2.79 bits per heavy atom. The van der Waals surface area contributed by atoms with Gasteiger partial charge in [0.05, 0.1) is 12.9 Å². The average Bonchev–Trinajstić information content (AvgIpc) is 3.27. The van der Waals surface area contributed by atoms with Gasteiger partial charge in [0.25, 0.3) is 0 Å². The number of hydrogen-bond acceptors (Lipinski definition) is 6. The summed E-state index contributed by atoms with van der Waals surface area (Å²) < 4.78 is 7.54. The Balaban J connectivity index is 1.59. The second-order valence-electron chi connectivity index (χ2n) is 5.52. The van der Waals surface area contributed by atoms with Gasteiger partial charge in [0.1, 0.15) is 12.4 Å². The molecular formula is C17H17N5O2. The summed E-state index contributed by atoms with van der Waals surface area (Å²) in [7, 11) is 0. The molecule has 3 heterocycles. The molecule has 2 N–H and O–H groups in total. The molecule has 7 nitrogen and oxygen atoms in total. The van der Waals surface area contributed by atoms with Gasteiger partial charge in [0.15, 0.2) is 23.2 Å². The number of nitrogens with zero attached hydrogens (tertiary/aromatic N) is 4. The quantitative estimate of drug-likeness (QED) is 0.698.